The van der Waals surface area contributed by atoms with Crippen LogP contribution < -0.4 is 5.32 Å². The van der Waals surface area contributed by atoms with Crippen LogP contribution in [-0.4, -0.2) is 31.9 Å². The third-order valence-electron chi connectivity index (χ3n) is 2.16. The Kier molecular flexibility index (Phi) is 5.90. The molecule has 0 radical (unpaired) electrons. The summed E-state index contributed by atoms with van der Waals surface area (Å²) in [6.07, 6.45) is -0.852. The van der Waals surface area contributed by atoms with E-state index < -0.39 is 11.9 Å². The lowest BCUT2D eigenvalue weighted by atomic mass is 10.1. The molecule has 1 atom stereocenters. The summed E-state index contributed by atoms with van der Waals surface area (Å²) in [4.78, 5) is 0. The number of nitrogens with one attached hydrogen (secondary N) is 1. The summed E-state index contributed by atoms with van der Waals surface area (Å²) in [6, 6.07) is 4.87. The van der Waals surface area contributed by atoms with Gasteiger partial charge in [-0.25, -0.2) is 4.39 Å². The quantitative estimate of drug-likeness (QED) is 0.786. The van der Waals surface area contributed by atoms with Crippen LogP contribution in [0.4, 0.5) is 4.39 Å². The fourth-order valence-electron chi connectivity index (χ4n) is 1.30. The van der Waals surface area contributed by atoms with Crippen LogP contribution in [0, 0.1) is 5.82 Å². The van der Waals surface area contributed by atoms with Crippen molar-refractivity contribution in [3.63, 3.8) is 0 Å². The molecule has 0 aliphatic heterocycles. The van der Waals surface area contributed by atoms with Crippen molar-refractivity contribution in [2.45, 2.75) is 6.10 Å². The maximum Gasteiger partial charge on any atom is 0.143 e. The van der Waals surface area contributed by atoms with Gasteiger partial charge in [0.25, 0.3) is 0 Å². The van der Waals surface area contributed by atoms with Crippen LogP contribution in [-0.2, 0) is 4.74 Å². The Hall–Kier alpha value is -0.490. The van der Waals surface area contributed by atoms with Crippen molar-refractivity contribution in [1.29, 1.82) is 0 Å². The highest BCUT2D eigenvalue weighted by molar-refractivity contribution is 9.10. The maximum absolute atomic E-state index is 13.6. The maximum atomic E-state index is 13.6. The number of aliphatic hydroxyl groups is 1. The minimum Gasteiger partial charge on any atom is -0.387 e. The summed E-state index contributed by atoms with van der Waals surface area (Å²) >= 11 is 3.08. The van der Waals surface area contributed by atoms with Crippen molar-refractivity contribution in [2.75, 3.05) is 26.8 Å². The van der Waals surface area contributed by atoms with Crippen LogP contribution >= 0.6 is 15.9 Å². The van der Waals surface area contributed by atoms with E-state index in [1.54, 1.807) is 25.3 Å². The third kappa shape index (κ3) is 3.83. The van der Waals surface area contributed by atoms with Gasteiger partial charge < -0.3 is 15.2 Å². The summed E-state index contributed by atoms with van der Waals surface area (Å²) in [5, 5.41) is 12.7. The lowest BCUT2D eigenvalue weighted by Gasteiger charge is -2.13. The number of aliphatic hydroxyl groups excluding tert-OH is 1. The molecular formula is C11H15BrFNO2. The van der Waals surface area contributed by atoms with E-state index in [4.69, 9.17) is 4.74 Å². The summed E-state index contributed by atoms with van der Waals surface area (Å²) in [5.74, 6) is -0.413. The zero-order chi connectivity index (χ0) is 12.0. The number of methoxy groups -OCH3 is 1. The first-order valence-corrected chi connectivity index (χ1v) is 5.77. The number of halogens is 2. The lowest BCUT2D eigenvalue weighted by molar-refractivity contribution is 0.158. The summed E-state index contributed by atoms with van der Waals surface area (Å²) in [6.45, 7) is 1.49. The average Bonchev–Trinajstić information content (AvgIpc) is 2.28. The lowest BCUT2D eigenvalue weighted by Crippen LogP contribution is -2.25. The van der Waals surface area contributed by atoms with Crippen LogP contribution in [0.2, 0.25) is 0 Å². The predicted octanol–water partition coefficient (Wildman–Crippen LogP) is 1.86. The largest absolute Gasteiger partial charge is 0.387 e. The molecule has 0 bridgehead atoms. The number of hydrogen-bond donors (Lipinski definition) is 2. The molecule has 3 nitrogen and oxygen atoms in total. The highest BCUT2D eigenvalue weighted by Gasteiger charge is 2.13. The van der Waals surface area contributed by atoms with E-state index in [0.29, 0.717) is 29.7 Å². The molecule has 0 aliphatic carbocycles. The van der Waals surface area contributed by atoms with Gasteiger partial charge in [0.1, 0.15) is 5.82 Å². The van der Waals surface area contributed by atoms with E-state index in [1.165, 1.54) is 0 Å². The van der Waals surface area contributed by atoms with Crippen molar-refractivity contribution in [1.82, 2.24) is 5.32 Å². The number of ether oxygens (including phenoxy) is 1. The summed E-state index contributed by atoms with van der Waals surface area (Å²) in [5.41, 5.74) is 0.291. The van der Waals surface area contributed by atoms with Gasteiger partial charge in [0.2, 0.25) is 0 Å². The Bertz CT molecular complexity index is 336. The molecule has 2 N–H and O–H groups in total. The fourth-order valence-corrected chi connectivity index (χ4v) is 1.68. The van der Waals surface area contributed by atoms with Crippen LogP contribution in [0.25, 0.3) is 0 Å². The van der Waals surface area contributed by atoms with Crippen LogP contribution in [0.3, 0.4) is 0 Å². The van der Waals surface area contributed by atoms with Crippen LogP contribution in [0.15, 0.2) is 22.7 Å². The van der Waals surface area contributed by atoms with Crippen LogP contribution in [0.5, 0.6) is 0 Å². The van der Waals surface area contributed by atoms with Gasteiger partial charge in [-0.2, -0.15) is 0 Å². The SMILES string of the molecule is COCCNCC(O)c1cccc(Br)c1F. The normalized spacial score (nSPS) is 12.8. The molecule has 0 saturated carbocycles. The van der Waals surface area contributed by atoms with Gasteiger partial charge in [0, 0.05) is 25.8 Å². The first kappa shape index (κ1) is 13.6. The highest BCUT2D eigenvalue weighted by atomic mass is 79.9. The third-order valence-corrected chi connectivity index (χ3v) is 2.77. The van der Waals surface area contributed by atoms with Gasteiger partial charge in [-0.1, -0.05) is 12.1 Å². The molecule has 90 valence electrons. The first-order valence-electron chi connectivity index (χ1n) is 4.98. The van der Waals surface area contributed by atoms with Gasteiger partial charge in [0.15, 0.2) is 0 Å². The Labute approximate surface area is 103 Å². The average molecular weight is 292 g/mol. The zero-order valence-electron chi connectivity index (χ0n) is 9.04. The van der Waals surface area contributed by atoms with Gasteiger partial charge >= 0.3 is 0 Å². The van der Waals surface area contributed by atoms with E-state index in [1.807, 2.05) is 0 Å². The van der Waals surface area contributed by atoms with Gasteiger partial charge in [-0.05, 0) is 22.0 Å². The molecule has 0 amide bonds. The molecule has 0 fully saturated rings. The van der Waals surface area contributed by atoms with Gasteiger partial charge in [-0.15, -0.1) is 0 Å². The van der Waals surface area contributed by atoms with E-state index >= 15 is 0 Å². The number of benzene rings is 1. The molecule has 16 heavy (non-hydrogen) atoms. The molecule has 1 aromatic carbocycles. The molecule has 5 heteroatoms. The minimum absolute atomic E-state index is 0.291. The molecule has 0 spiro atoms. The Morgan fingerprint density at radius 1 is 1.56 bits per heavy atom. The second-order valence-electron chi connectivity index (χ2n) is 3.36. The smallest absolute Gasteiger partial charge is 0.143 e. The first-order chi connectivity index (χ1) is 7.66. The van der Waals surface area contributed by atoms with E-state index in [0.717, 1.165) is 0 Å². The van der Waals surface area contributed by atoms with Gasteiger partial charge in [0.05, 0.1) is 17.2 Å². The number of rotatable bonds is 6. The number of hydrogen-bond acceptors (Lipinski definition) is 3. The van der Waals surface area contributed by atoms with Gasteiger partial charge in [-0.3, -0.25) is 0 Å². The molecule has 1 unspecified atom stereocenters. The molecule has 0 heterocycles. The molecule has 1 rings (SSSR count). The Balaban J connectivity index is 2.52. The van der Waals surface area contributed by atoms with E-state index in [9.17, 15) is 9.50 Å². The molecular weight excluding hydrogens is 277 g/mol. The van der Waals surface area contributed by atoms with Crippen molar-refractivity contribution >= 4 is 15.9 Å². The zero-order valence-corrected chi connectivity index (χ0v) is 10.6. The van der Waals surface area contributed by atoms with Crippen molar-refractivity contribution in [3.8, 4) is 0 Å². The monoisotopic (exact) mass is 291 g/mol. The highest BCUT2D eigenvalue weighted by Crippen LogP contribution is 2.23. The molecule has 1 aromatic rings. The summed E-state index contributed by atoms with van der Waals surface area (Å²) in [7, 11) is 1.60. The van der Waals surface area contributed by atoms with Crippen molar-refractivity contribution < 1.29 is 14.2 Å². The van der Waals surface area contributed by atoms with E-state index in [-0.39, 0.29) is 0 Å². The predicted molar refractivity (Wildman–Crippen MR) is 63.8 cm³/mol. The Morgan fingerprint density at radius 2 is 2.31 bits per heavy atom. The topological polar surface area (TPSA) is 41.5 Å². The second kappa shape index (κ2) is 6.96. The molecule has 0 aromatic heterocycles. The summed E-state index contributed by atoms with van der Waals surface area (Å²) < 4.78 is 18.8. The van der Waals surface area contributed by atoms with Crippen LogP contribution in [0.1, 0.15) is 11.7 Å². The minimum atomic E-state index is -0.852. The van der Waals surface area contributed by atoms with E-state index in [2.05, 4.69) is 21.2 Å². The van der Waals surface area contributed by atoms with Crippen molar-refractivity contribution in [2.24, 2.45) is 0 Å². The molecule has 0 aliphatic rings. The molecule has 0 saturated heterocycles. The standard InChI is InChI=1S/C11H15BrFNO2/c1-16-6-5-14-7-10(15)8-3-2-4-9(12)11(8)13/h2-4,10,14-15H,5-7H2,1H3. The fraction of sp³-hybridized carbons (Fsp3) is 0.455. The second-order valence-corrected chi connectivity index (χ2v) is 4.21. The van der Waals surface area contributed by atoms with Crippen molar-refractivity contribution in [3.05, 3.63) is 34.1 Å². The Morgan fingerprint density at radius 3 is 3.00 bits per heavy atom.